The monoisotopic (exact) mass is 353 g/mol. The summed E-state index contributed by atoms with van der Waals surface area (Å²) in [6.07, 6.45) is 2.01. The Kier molecular flexibility index (Phi) is 5.17. The van der Waals surface area contributed by atoms with Crippen molar-refractivity contribution >= 4 is 23.4 Å². The van der Waals surface area contributed by atoms with Crippen LogP contribution in [0.25, 0.3) is 0 Å². The summed E-state index contributed by atoms with van der Waals surface area (Å²) in [5.41, 5.74) is 6.45. The van der Waals surface area contributed by atoms with Crippen LogP contribution >= 0.6 is 0 Å². The van der Waals surface area contributed by atoms with E-state index in [1.807, 2.05) is 0 Å². The summed E-state index contributed by atoms with van der Waals surface area (Å²) in [6.45, 7) is -0.289. The second-order valence-electron chi connectivity index (χ2n) is 6.03. The average Bonchev–Trinajstić information content (AvgIpc) is 3.44. The molecule has 1 saturated carbocycles. The van der Waals surface area contributed by atoms with E-state index in [1.54, 1.807) is 42.5 Å². The first-order chi connectivity index (χ1) is 12.5. The predicted octanol–water partition coefficient (Wildman–Crippen LogP) is 1.70. The number of ether oxygens (including phenoxy) is 1. The molecule has 1 fully saturated rings. The number of hydrogen-bond acceptors (Lipinski definition) is 4. The lowest BCUT2D eigenvalue weighted by Gasteiger charge is -2.10. The normalized spacial score (nSPS) is 12.9. The van der Waals surface area contributed by atoms with E-state index in [9.17, 15) is 14.4 Å². The molecule has 2 aromatic carbocycles. The summed E-state index contributed by atoms with van der Waals surface area (Å²) >= 11 is 0. The van der Waals surface area contributed by atoms with Crippen molar-refractivity contribution in [2.45, 2.75) is 18.9 Å². The first-order valence-electron chi connectivity index (χ1n) is 8.25. The van der Waals surface area contributed by atoms with Gasteiger partial charge in [-0.2, -0.15) is 0 Å². The largest absolute Gasteiger partial charge is 0.483 e. The number of primary amides is 1. The van der Waals surface area contributed by atoms with Gasteiger partial charge in [0.1, 0.15) is 5.75 Å². The Labute approximate surface area is 150 Å². The van der Waals surface area contributed by atoms with Crippen molar-refractivity contribution in [3.63, 3.8) is 0 Å². The average molecular weight is 353 g/mol. The molecule has 0 unspecified atom stereocenters. The topological polar surface area (TPSA) is 111 Å². The number of nitrogens with two attached hydrogens (primary N) is 1. The number of amides is 3. The van der Waals surface area contributed by atoms with Crippen molar-refractivity contribution in [2.24, 2.45) is 5.73 Å². The molecule has 0 saturated heterocycles. The Balaban J connectivity index is 1.58. The third-order valence-electron chi connectivity index (χ3n) is 3.83. The van der Waals surface area contributed by atoms with Gasteiger partial charge in [-0.15, -0.1) is 0 Å². The zero-order valence-corrected chi connectivity index (χ0v) is 14.0. The van der Waals surface area contributed by atoms with Gasteiger partial charge in [0.2, 0.25) is 0 Å². The van der Waals surface area contributed by atoms with E-state index in [2.05, 4.69) is 10.6 Å². The van der Waals surface area contributed by atoms with Crippen LogP contribution in [0.4, 0.5) is 5.69 Å². The third kappa shape index (κ3) is 4.60. The molecule has 0 aromatic heterocycles. The van der Waals surface area contributed by atoms with Gasteiger partial charge in [0, 0.05) is 17.3 Å². The number of para-hydroxylation sites is 1. The van der Waals surface area contributed by atoms with Crippen LogP contribution < -0.4 is 21.1 Å². The number of benzene rings is 2. The van der Waals surface area contributed by atoms with Crippen molar-refractivity contribution in [3.8, 4) is 5.75 Å². The molecule has 0 bridgehead atoms. The van der Waals surface area contributed by atoms with Crippen LogP contribution in [-0.2, 0) is 4.79 Å². The third-order valence-corrected chi connectivity index (χ3v) is 3.83. The zero-order valence-electron chi connectivity index (χ0n) is 14.0. The van der Waals surface area contributed by atoms with Crippen LogP contribution in [0, 0.1) is 0 Å². The van der Waals surface area contributed by atoms with Crippen LogP contribution in [0.3, 0.4) is 0 Å². The van der Waals surface area contributed by atoms with Crippen molar-refractivity contribution < 1.29 is 19.1 Å². The second kappa shape index (κ2) is 7.69. The van der Waals surface area contributed by atoms with Gasteiger partial charge in [0.05, 0.1) is 5.56 Å². The van der Waals surface area contributed by atoms with Crippen LogP contribution in [0.1, 0.15) is 33.6 Å². The Morgan fingerprint density at radius 3 is 2.58 bits per heavy atom. The highest BCUT2D eigenvalue weighted by molar-refractivity contribution is 5.98. The number of rotatable bonds is 7. The van der Waals surface area contributed by atoms with Gasteiger partial charge >= 0.3 is 0 Å². The summed E-state index contributed by atoms with van der Waals surface area (Å²) < 4.78 is 5.38. The lowest BCUT2D eigenvalue weighted by Crippen LogP contribution is -2.25. The number of hydrogen-bond donors (Lipinski definition) is 3. The second-order valence-corrected chi connectivity index (χ2v) is 6.03. The summed E-state index contributed by atoms with van der Waals surface area (Å²) in [5.74, 6) is -0.956. The van der Waals surface area contributed by atoms with E-state index in [-0.39, 0.29) is 29.9 Å². The van der Waals surface area contributed by atoms with Gasteiger partial charge in [-0.1, -0.05) is 18.2 Å². The molecule has 7 heteroatoms. The molecule has 0 heterocycles. The van der Waals surface area contributed by atoms with Crippen LogP contribution in [0.5, 0.6) is 5.75 Å². The Hall–Kier alpha value is -3.35. The SMILES string of the molecule is NC(=O)c1ccccc1OCC(=O)Nc1cccc(C(=O)NC2CC2)c1. The lowest BCUT2D eigenvalue weighted by molar-refractivity contribution is -0.118. The highest BCUT2D eigenvalue weighted by Gasteiger charge is 2.23. The molecule has 134 valence electrons. The number of carbonyl (C=O) groups is 3. The maximum Gasteiger partial charge on any atom is 0.262 e. The quantitative estimate of drug-likeness (QED) is 0.703. The maximum atomic E-state index is 12.1. The molecule has 4 N–H and O–H groups in total. The van der Waals surface area contributed by atoms with E-state index in [4.69, 9.17) is 10.5 Å². The van der Waals surface area contributed by atoms with Gasteiger partial charge in [-0.05, 0) is 43.2 Å². The standard InChI is InChI=1S/C19H19N3O4/c20-18(24)15-6-1-2-7-16(15)26-11-17(23)21-14-5-3-4-12(10-14)19(25)22-13-8-9-13/h1-7,10,13H,8-9,11H2,(H2,20,24)(H,21,23)(H,22,25). The lowest BCUT2D eigenvalue weighted by atomic mass is 10.2. The number of anilines is 1. The number of carbonyl (C=O) groups excluding carboxylic acids is 3. The molecule has 0 spiro atoms. The van der Waals surface area contributed by atoms with Gasteiger partial charge in [0.25, 0.3) is 17.7 Å². The minimum atomic E-state index is -0.629. The van der Waals surface area contributed by atoms with Gasteiger partial charge < -0.3 is 21.1 Å². The molecule has 1 aliphatic carbocycles. The summed E-state index contributed by atoms with van der Waals surface area (Å²) in [5, 5.41) is 5.56. The van der Waals surface area contributed by atoms with Crippen LogP contribution in [-0.4, -0.2) is 30.4 Å². The summed E-state index contributed by atoms with van der Waals surface area (Å²) in [6, 6.07) is 13.4. The molecule has 2 aromatic rings. The van der Waals surface area contributed by atoms with Crippen molar-refractivity contribution in [2.75, 3.05) is 11.9 Å². The van der Waals surface area contributed by atoms with Gasteiger partial charge in [-0.3, -0.25) is 14.4 Å². The Morgan fingerprint density at radius 2 is 1.85 bits per heavy atom. The van der Waals surface area contributed by atoms with Crippen LogP contribution in [0.15, 0.2) is 48.5 Å². The van der Waals surface area contributed by atoms with Gasteiger partial charge in [-0.25, -0.2) is 0 Å². The zero-order chi connectivity index (χ0) is 18.5. The summed E-state index contributed by atoms with van der Waals surface area (Å²) in [4.78, 5) is 35.5. The van der Waals surface area contributed by atoms with E-state index < -0.39 is 11.8 Å². The minimum absolute atomic E-state index is 0.157. The van der Waals surface area contributed by atoms with E-state index >= 15 is 0 Å². The highest BCUT2D eigenvalue weighted by Crippen LogP contribution is 2.20. The maximum absolute atomic E-state index is 12.1. The first-order valence-corrected chi connectivity index (χ1v) is 8.25. The molecule has 26 heavy (non-hydrogen) atoms. The fourth-order valence-corrected chi connectivity index (χ4v) is 2.37. The molecule has 0 radical (unpaired) electrons. The molecule has 0 aliphatic heterocycles. The van der Waals surface area contributed by atoms with Gasteiger partial charge in [0.15, 0.2) is 6.61 Å². The Bertz CT molecular complexity index is 846. The van der Waals surface area contributed by atoms with E-state index in [1.165, 1.54) is 6.07 Å². The molecular formula is C19H19N3O4. The van der Waals surface area contributed by atoms with Crippen molar-refractivity contribution in [3.05, 3.63) is 59.7 Å². The van der Waals surface area contributed by atoms with E-state index in [0.29, 0.717) is 11.3 Å². The minimum Gasteiger partial charge on any atom is -0.483 e. The molecule has 1 aliphatic rings. The molecular weight excluding hydrogens is 334 g/mol. The van der Waals surface area contributed by atoms with Crippen LogP contribution in [0.2, 0.25) is 0 Å². The molecule has 7 nitrogen and oxygen atoms in total. The van der Waals surface area contributed by atoms with E-state index in [0.717, 1.165) is 12.8 Å². The van der Waals surface area contributed by atoms with Crippen molar-refractivity contribution in [1.29, 1.82) is 0 Å². The Morgan fingerprint density at radius 1 is 1.08 bits per heavy atom. The first kappa shape index (κ1) is 17.5. The smallest absolute Gasteiger partial charge is 0.262 e. The fourth-order valence-electron chi connectivity index (χ4n) is 2.37. The molecule has 0 atom stereocenters. The molecule has 3 amide bonds. The van der Waals surface area contributed by atoms with Crippen molar-refractivity contribution in [1.82, 2.24) is 5.32 Å². The summed E-state index contributed by atoms with van der Waals surface area (Å²) in [7, 11) is 0. The molecule has 3 rings (SSSR count). The highest BCUT2D eigenvalue weighted by atomic mass is 16.5. The predicted molar refractivity (Wildman–Crippen MR) is 96.0 cm³/mol. The number of nitrogens with one attached hydrogen (secondary N) is 2. The fraction of sp³-hybridized carbons (Fsp3) is 0.211.